The van der Waals surface area contributed by atoms with Crippen LogP contribution in [0.25, 0.3) is 0 Å². The molecule has 0 aliphatic heterocycles. The predicted molar refractivity (Wildman–Crippen MR) is 101 cm³/mol. The van der Waals surface area contributed by atoms with Crippen molar-refractivity contribution in [3.05, 3.63) is 65.2 Å². The molecule has 0 aromatic heterocycles. The van der Waals surface area contributed by atoms with Crippen LogP contribution in [0.4, 0.5) is 0 Å². The number of benzene rings is 2. The molecule has 2 N–H and O–H groups in total. The highest BCUT2D eigenvalue weighted by molar-refractivity contribution is 7.89. The van der Waals surface area contributed by atoms with Crippen molar-refractivity contribution in [3.8, 4) is 0 Å². The molecule has 2 rings (SSSR count). The van der Waals surface area contributed by atoms with Gasteiger partial charge in [0, 0.05) is 12.6 Å². The van der Waals surface area contributed by atoms with E-state index in [1.165, 1.54) is 23.8 Å². The van der Waals surface area contributed by atoms with Crippen LogP contribution in [0.15, 0.2) is 53.4 Å². The van der Waals surface area contributed by atoms with E-state index >= 15 is 0 Å². The van der Waals surface area contributed by atoms with E-state index in [-0.39, 0.29) is 23.0 Å². The summed E-state index contributed by atoms with van der Waals surface area (Å²) < 4.78 is 27.7. The number of hydrogen-bond acceptors (Lipinski definition) is 4. The van der Waals surface area contributed by atoms with E-state index in [4.69, 9.17) is 5.11 Å². The fourth-order valence-corrected chi connectivity index (χ4v) is 3.73. The highest BCUT2D eigenvalue weighted by atomic mass is 32.2. The third-order valence-electron chi connectivity index (χ3n) is 4.25. The van der Waals surface area contributed by atoms with Crippen molar-refractivity contribution >= 4 is 16.0 Å². The fourth-order valence-electron chi connectivity index (χ4n) is 2.64. The first-order valence-electron chi connectivity index (χ1n) is 8.33. The van der Waals surface area contributed by atoms with E-state index in [9.17, 15) is 13.2 Å². The molecule has 0 bridgehead atoms. The number of carboxylic acid groups (broad SMARTS) is 1. The van der Waals surface area contributed by atoms with Crippen LogP contribution in [0.1, 0.15) is 34.5 Å². The molecule has 1 unspecified atom stereocenters. The Labute approximate surface area is 154 Å². The highest BCUT2D eigenvalue weighted by Crippen LogP contribution is 2.20. The molecule has 1 atom stereocenters. The number of carbonyl (C=O) groups is 1. The molecule has 7 heteroatoms. The largest absolute Gasteiger partial charge is 0.478 e. The zero-order chi connectivity index (χ0) is 19.3. The molecule has 140 valence electrons. The number of nitrogens with one attached hydrogen (secondary N) is 1. The van der Waals surface area contributed by atoms with E-state index in [0.717, 1.165) is 18.1 Å². The number of sulfonamides is 1. The first kappa shape index (κ1) is 20.1. The van der Waals surface area contributed by atoms with Crippen molar-refractivity contribution in [1.29, 1.82) is 0 Å². The van der Waals surface area contributed by atoms with Gasteiger partial charge in [0.05, 0.1) is 10.5 Å². The standard InChI is InChI=1S/C19H24N2O4S/c1-4-14-8-10-15(11-9-14)18(21(2)3)13-20-26(24,25)17-7-5-6-16(12-17)19(22)23/h5-12,18,20H,4,13H2,1-3H3,(H,22,23). The van der Waals surface area contributed by atoms with Gasteiger partial charge in [-0.2, -0.15) is 0 Å². The van der Waals surface area contributed by atoms with Gasteiger partial charge in [-0.05, 0) is 49.8 Å². The van der Waals surface area contributed by atoms with Gasteiger partial charge in [0.25, 0.3) is 0 Å². The zero-order valence-corrected chi connectivity index (χ0v) is 16.0. The number of aryl methyl sites for hydroxylation is 1. The molecule has 0 saturated carbocycles. The number of nitrogens with zero attached hydrogens (tertiary/aromatic N) is 1. The van der Waals surface area contributed by atoms with Crippen LogP contribution in [0.2, 0.25) is 0 Å². The molecule has 2 aromatic carbocycles. The van der Waals surface area contributed by atoms with Gasteiger partial charge in [0.15, 0.2) is 0 Å². The smallest absolute Gasteiger partial charge is 0.335 e. The van der Waals surface area contributed by atoms with E-state index in [2.05, 4.69) is 11.6 Å². The van der Waals surface area contributed by atoms with Gasteiger partial charge >= 0.3 is 5.97 Å². The van der Waals surface area contributed by atoms with Crippen molar-refractivity contribution < 1.29 is 18.3 Å². The quantitative estimate of drug-likeness (QED) is 0.739. The van der Waals surface area contributed by atoms with E-state index in [1.54, 1.807) is 0 Å². The predicted octanol–water partition coefficient (Wildman–Crippen LogP) is 2.53. The fraction of sp³-hybridized carbons (Fsp3) is 0.316. The minimum Gasteiger partial charge on any atom is -0.478 e. The second kappa shape index (κ2) is 8.44. The molecule has 0 spiro atoms. The molecule has 0 saturated heterocycles. The molecule has 0 amide bonds. The second-order valence-corrected chi connectivity index (χ2v) is 8.03. The Morgan fingerprint density at radius 3 is 2.35 bits per heavy atom. The Bertz CT molecular complexity index is 861. The maximum atomic E-state index is 12.5. The Morgan fingerprint density at radius 2 is 1.81 bits per heavy atom. The van der Waals surface area contributed by atoms with Gasteiger partial charge in [-0.25, -0.2) is 17.9 Å². The first-order valence-corrected chi connectivity index (χ1v) is 9.81. The van der Waals surface area contributed by atoms with Crippen molar-refractivity contribution in [2.75, 3.05) is 20.6 Å². The molecule has 2 aromatic rings. The average Bonchev–Trinajstić information content (AvgIpc) is 2.62. The summed E-state index contributed by atoms with van der Waals surface area (Å²) in [5.41, 5.74) is 2.17. The normalized spacial score (nSPS) is 12.9. The maximum absolute atomic E-state index is 12.5. The third kappa shape index (κ3) is 4.91. The van der Waals surface area contributed by atoms with Crippen LogP contribution in [0.5, 0.6) is 0 Å². The maximum Gasteiger partial charge on any atom is 0.335 e. The molecule has 6 nitrogen and oxygen atoms in total. The number of likely N-dealkylation sites (N-methyl/N-ethyl adjacent to an activating group) is 1. The number of carboxylic acids is 1. The van der Waals surface area contributed by atoms with Crippen LogP contribution in [-0.4, -0.2) is 45.0 Å². The van der Waals surface area contributed by atoms with Crippen molar-refractivity contribution in [2.45, 2.75) is 24.3 Å². The highest BCUT2D eigenvalue weighted by Gasteiger charge is 2.20. The Hall–Kier alpha value is -2.22. The topological polar surface area (TPSA) is 86.7 Å². The summed E-state index contributed by atoms with van der Waals surface area (Å²) in [7, 11) is -0.0324. The molecular weight excluding hydrogens is 352 g/mol. The number of rotatable bonds is 8. The van der Waals surface area contributed by atoms with Gasteiger partial charge in [-0.1, -0.05) is 37.3 Å². The summed E-state index contributed by atoms with van der Waals surface area (Å²) in [5, 5.41) is 9.04. The lowest BCUT2D eigenvalue weighted by molar-refractivity contribution is 0.0696. The summed E-state index contributed by atoms with van der Waals surface area (Å²) in [6.45, 7) is 2.26. The minimum atomic E-state index is -3.81. The lowest BCUT2D eigenvalue weighted by Gasteiger charge is -2.25. The van der Waals surface area contributed by atoms with Gasteiger partial charge in [-0.3, -0.25) is 0 Å². The van der Waals surface area contributed by atoms with Gasteiger partial charge in [0.2, 0.25) is 10.0 Å². The average molecular weight is 376 g/mol. The molecule has 0 heterocycles. The number of aromatic carboxylic acids is 1. The first-order chi connectivity index (χ1) is 12.2. The molecule has 0 aliphatic carbocycles. The van der Waals surface area contributed by atoms with E-state index < -0.39 is 16.0 Å². The molecule has 0 fully saturated rings. The van der Waals surface area contributed by atoms with E-state index in [1.807, 2.05) is 43.3 Å². The minimum absolute atomic E-state index is 0.0590. The van der Waals surface area contributed by atoms with Crippen LogP contribution >= 0.6 is 0 Å². The van der Waals surface area contributed by atoms with Crippen LogP contribution < -0.4 is 4.72 Å². The Balaban J connectivity index is 2.19. The molecule has 0 radical (unpaired) electrons. The van der Waals surface area contributed by atoms with Crippen molar-refractivity contribution in [2.24, 2.45) is 0 Å². The summed E-state index contributed by atoms with van der Waals surface area (Å²) >= 11 is 0. The van der Waals surface area contributed by atoms with Crippen LogP contribution in [-0.2, 0) is 16.4 Å². The lowest BCUT2D eigenvalue weighted by Crippen LogP contribution is -2.34. The SMILES string of the molecule is CCc1ccc(C(CNS(=O)(=O)c2cccc(C(=O)O)c2)N(C)C)cc1. The number of hydrogen-bond donors (Lipinski definition) is 2. The Kier molecular flexibility index (Phi) is 6.52. The van der Waals surface area contributed by atoms with E-state index in [0.29, 0.717) is 0 Å². The van der Waals surface area contributed by atoms with Gasteiger partial charge in [0.1, 0.15) is 0 Å². The molecule has 0 aliphatic rings. The summed E-state index contributed by atoms with van der Waals surface area (Å²) in [6, 6.07) is 13.3. The van der Waals surface area contributed by atoms with Gasteiger partial charge < -0.3 is 10.0 Å². The zero-order valence-electron chi connectivity index (χ0n) is 15.1. The Morgan fingerprint density at radius 1 is 1.15 bits per heavy atom. The summed E-state index contributed by atoms with van der Waals surface area (Å²) in [4.78, 5) is 12.9. The van der Waals surface area contributed by atoms with Crippen LogP contribution in [0, 0.1) is 0 Å². The summed E-state index contributed by atoms with van der Waals surface area (Å²) in [5.74, 6) is -1.16. The van der Waals surface area contributed by atoms with Crippen molar-refractivity contribution in [1.82, 2.24) is 9.62 Å². The molecular formula is C19H24N2O4S. The summed E-state index contributed by atoms with van der Waals surface area (Å²) in [6.07, 6.45) is 0.944. The molecule has 26 heavy (non-hydrogen) atoms. The third-order valence-corrected chi connectivity index (χ3v) is 5.68. The van der Waals surface area contributed by atoms with Crippen molar-refractivity contribution in [3.63, 3.8) is 0 Å². The monoisotopic (exact) mass is 376 g/mol. The lowest BCUT2D eigenvalue weighted by atomic mass is 10.0. The van der Waals surface area contributed by atoms with Gasteiger partial charge in [-0.15, -0.1) is 0 Å². The second-order valence-electron chi connectivity index (χ2n) is 6.26. The van der Waals surface area contributed by atoms with Crippen LogP contribution in [0.3, 0.4) is 0 Å².